The fourth-order valence-corrected chi connectivity index (χ4v) is 2.01. The number of hydrogen-bond acceptors (Lipinski definition) is 3. The average molecular weight is 280 g/mol. The largest absolute Gasteiger partial charge is 0.508 e. The van der Waals surface area contributed by atoms with E-state index in [4.69, 9.17) is 5.26 Å². The molecule has 2 rings (SSSR count). The number of nitrogens with one attached hydrogen (secondary N) is 1. The van der Waals surface area contributed by atoms with Crippen LogP contribution in [0.1, 0.15) is 23.1 Å². The first-order chi connectivity index (χ1) is 10.2. The van der Waals surface area contributed by atoms with Crippen LogP contribution in [0, 0.1) is 11.3 Å². The number of aromatic hydroxyl groups is 1. The van der Waals surface area contributed by atoms with Gasteiger partial charge in [-0.2, -0.15) is 5.26 Å². The van der Waals surface area contributed by atoms with Gasteiger partial charge in [-0.15, -0.1) is 0 Å². The predicted octanol–water partition coefficient (Wildman–Crippen LogP) is 2.51. The molecule has 1 amide bonds. The Bertz CT molecular complexity index is 674. The van der Waals surface area contributed by atoms with E-state index in [2.05, 4.69) is 11.4 Å². The van der Waals surface area contributed by atoms with Crippen LogP contribution in [0.15, 0.2) is 48.5 Å². The molecule has 0 aliphatic heterocycles. The molecule has 0 atom stereocenters. The van der Waals surface area contributed by atoms with Gasteiger partial charge in [-0.3, -0.25) is 4.79 Å². The van der Waals surface area contributed by atoms with Crippen molar-refractivity contribution in [3.05, 3.63) is 65.2 Å². The molecule has 2 aromatic rings. The standard InChI is InChI=1S/C17H16N2O2/c18-11-13-4-3-5-14(10-13)12-19-17(21)9-8-15-6-1-2-7-16(15)20/h1-7,10,20H,8-9,12H2,(H,19,21). The molecular weight excluding hydrogens is 264 g/mol. The molecule has 0 heterocycles. The lowest BCUT2D eigenvalue weighted by Crippen LogP contribution is -2.23. The van der Waals surface area contributed by atoms with Gasteiger partial charge in [0.25, 0.3) is 0 Å². The van der Waals surface area contributed by atoms with Gasteiger partial charge >= 0.3 is 0 Å². The second-order valence-corrected chi connectivity index (χ2v) is 4.72. The number of nitriles is 1. The molecule has 0 bridgehead atoms. The molecule has 2 aromatic carbocycles. The van der Waals surface area contributed by atoms with Gasteiger partial charge in [-0.1, -0.05) is 30.3 Å². The van der Waals surface area contributed by atoms with E-state index < -0.39 is 0 Å². The first-order valence-corrected chi connectivity index (χ1v) is 6.71. The van der Waals surface area contributed by atoms with Crippen molar-refractivity contribution >= 4 is 5.91 Å². The summed E-state index contributed by atoms with van der Waals surface area (Å²) < 4.78 is 0. The summed E-state index contributed by atoms with van der Waals surface area (Å²) >= 11 is 0. The Balaban J connectivity index is 1.82. The van der Waals surface area contributed by atoms with Gasteiger partial charge in [0.2, 0.25) is 5.91 Å². The van der Waals surface area contributed by atoms with Crippen LogP contribution >= 0.6 is 0 Å². The summed E-state index contributed by atoms with van der Waals surface area (Å²) in [6.07, 6.45) is 0.812. The lowest BCUT2D eigenvalue weighted by atomic mass is 10.1. The summed E-state index contributed by atoms with van der Waals surface area (Å²) in [6, 6.07) is 16.2. The molecule has 106 valence electrons. The van der Waals surface area contributed by atoms with Crippen molar-refractivity contribution in [2.24, 2.45) is 0 Å². The van der Waals surface area contributed by atoms with Gasteiger partial charge in [0.1, 0.15) is 5.75 Å². The summed E-state index contributed by atoms with van der Waals surface area (Å²) in [4.78, 5) is 11.8. The van der Waals surface area contributed by atoms with E-state index in [1.54, 1.807) is 36.4 Å². The second-order valence-electron chi connectivity index (χ2n) is 4.72. The zero-order valence-electron chi connectivity index (χ0n) is 11.5. The number of carbonyl (C=O) groups is 1. The molecule has 0 aliphatic carbocycles. The SMILES string of the molecule is N#Cc1cccc(CNC(=O)CCc2ccccc2O)c1. The number of phenols is 1. The maximum atomic E-state index is 11.8. The molecule has 2 N–H and O–H groups in total. The minimum Gasteiger partial charge on any atom is -0.508 e. The summed E-state index contributed by atoms with van der Waals surface area (Å²) in [7, 11) is 0. The monoisotopic (exact) mass is 280 g/mol. The maximum Gasteiger partial charge on any atom is 0.220 e. The summed E-state index contributed by atoms with van der Waals surface area (Å²) in [5, 5.41) is 21.3. The normalized spacial score (nSPS) is 9.86. The lowest BCUT2D eigenvalue weighted by Gasteiger charge is -2.07. The molecule has 0 aliphatic rings. The highest BCUT2D eigenvalue weighted by Crippen LogP contribution is 2.17. The highest BCUT2D eigenvalue weighted by molar-refractivity contribution is 5.76. The number of hydrogen-bond donors (Lipinski definition) is 2. The molecular formula is C17H16N2O2. The number of aryl methyl sites for hydroxylation is 1. The smallest absolute Gasteiger partial charge is 0.220 e. The number of amides is 1. The van der Waals surface area contributed by atoms with Crippen molar-refractivity contribution in [2.75, 3.05) is 0 Å². The van der Waals surface area contributed by atoms with Crippen molar-refractivity contribution in [2.45, 2.75) is 19.4 Å². The minimum absolute atomic E-state index is 0.0828. The van der Waals surface area contributed by atoms with Gasteiger partial charge in [0.05, 0.1) is 11.6 Å². The third-order valence-electron chi connectivity index (χ3n) is 3.16. The number of phenolic OH excluding ortho intramolecular Hbond substituents is 1. The van der Waals surface area contributed by atoms with Crippen molar-refractivity contribution in [1.82, 2.24) is 5.32 Å². The number of benzene rings is 2. The number of para-hydroxylation sites is 1. The summed E-state index contributed by atoms with van der Waals surface area (Å²) in [5.74, 6) is 0.132. The van der Waals surface area contributed by atoms with Gasteiger partial charge in [-0.05, 0) is 35.7 Å². The molecule has 4 heteroatoms. The van der Waals surface area contributed by atoms with E-state index in [-0.39, 0.29) is 11.7 Å². The minimum atomic E-state index is -0.0828. The Kier molecular flexibility index (Phi) is 4.94. The van der Waals surface area contributed by atoms with Crippen molar-refractivity contribution < 1.29 is 9.90 Å². The molecule has 4 nitrogen and oxygen atoms in total. The van der Waals surface area contributed by atoms with Crippen molar-refractivity contribution in [3.63, 3.8) is 0 Å². The van der Waals surface area contributed by atoms with Crippen LogP contribution in [0.5, 0.6) is 5.75 Å². The fraction of sp³-hybridized carbons (Fsp3) is 0.176. The van der Waals surface area contributed by atoms with Crippen molar-refractivity contribution in [3.8, 4) is 11.8 Å². The van der Waals surface area contributed by atoms with Crippen molar-refractivity contribution in [1.29, 1.82) is 5.26 Å². The maximum absolute atomic E-state index is 11.8. The zero-order valence-corrected chi connectivity index (χ0v) is 11.5. The summed E-state index contributed by atoms with van der Waals surface area (Å²) in [5.41, 5.74) is 2.24. The third kappa shape index (κ3) is 4.36. The lowest BCUT2D eigenvalue weighted by molar-refractivity contribution is -0.121. The van der Waals surface area contributed by atoms with Crippen LogP contribution in [-0.2, 0) is 17.8 Å². The van der Waals surface area contributed by atoms with E-state index in [1.165, 1.54) is 0 Å². The first-order valence-electron chi connectivity index (χ1n) is 6.71. The molecule has 0 saturated carbocycles. The number of nitrogens with zero attached hydrogens (tertiary/aromatic N) is 1. The highest BCUT2D eigenvalue weighted by Gasteiger charge is 2.05. The van der Waals surface area contributed by atoms with Crippen LogP contribution in [0.4, 0.5) is 0 Å². The Hall–Kier alpha value is -2.80. The Morgan fingerprint density at radius 3 is 2.76 bits per heavy atom. The Morgan fingerprint density at radius 2 is 2.00 bits per heavy atom. The topological polar surface area (TPSA) is 73.1 Å². The second kappa shape index (κ2) is 7.11. The molecule has 0 unspecified atom stereocenters. The average Bonchev–Trinajstić information content (AvgIpc) is 2.52. The van der Waals surface area contributed by atoms with Crippen LogP contribution in [0.3, 0.4) is 0 Å². The summed E-state index contributed by atoms with van der Waals surface area (Å²) in [6.45, 7) is 0.398. The molecule has 0 spiro atoms. The highest BCUT2D eigenvalue weighted by atomic mass is 16.3. The van der Waals surface area contributed by atoms with Gasteiger partial charge in [0.15, 0.2) is 0 Å². The first kappa shape index (κ1) is 14.6. The van der Waals surface area contributed by atoms with Gasteiger partial charge in [-0.25, -0.2) is 0 Å². The van der Waals surface area contributed by atoms with Crippen LogP contribution < -0.4 is 5.32 Å². The van der Waals surface area contributed by atoms with E-state index in [1.807, 2.05) is 12.1 Å². The quantitative estimate of drug-likeness (QED) is 0.883. The molecule has 0 radical (unpaired) electrons. The molecule has 0 aromatic heterocycles. The van der Waals surface area contributed by atoms with Gasteiger partial charge < -0.3 is 10.4 Å². The predicted molar refractivity (Wildman–Crippen MR) is 79.4 cm³/mol. The molecule has 0 saturated heterocycles. The van der Waals surface area contributed by atoms with E-state index >= 15 is 0 Å². The van der Waals surface area contributed by atoms with E-state index in [9.17, 15) is 9.90 Å². The Morgan fingerprint density at radius 1 is 1.19 bits per heavy atom. The number of rotatable bonds is 5. The van der Waals surface area contributed by atoms with E-state index in [0.29, 0.717) is 24.9 Å². The van der Waals surface area contributed by atoms with Crippen LogP contribution in [-0.4, -0.2) is 11.0 Å². The molecule has 21 heavy (non-hydrogen) atoms. The Labute approximate surface area is 123 Å². The van der Waals surface area contributed by atoms with Gasteiger partial charge in [0, 0.05) is 13.0 Å². The number of carbonyl (C=O) groups excluding carboxylic acids is 1. The van der Waals surface area contributed by atoms with Crippen LogP contribution in [0.2, 0.25) is 0 Å². The van der Waals surface area contributed by atoms with Crippen LogP contribution in [0.25, 0.3) is 0 Å². The third-order valence-corrected chi connectivity index (χ3v) is 3.16. The molecule has 0 fully saturated rings. The zero-order chi connectivity index (χ0) is 15.1. The van der Waals surface area contributed by atoms with E-state index in [0.717, 1.165) is 11.1 Å². The fourth-order valence-electron chi connectivity index (χ4n) is 2.01.